The fraction of sp³-hybridized carbons (Fsp3) is 0.290. The van der Waals surface area contributed by atoms with Gasteiger partial charge >= 0.3 is 6.03 Å². The van der Waals surface area contributed by atoms with Gasteiger partial charge in [-0.2, -0.15) is 0 Å². The number of benzene rings is 3. The van der Waals surface area contributed by atoms with E-state index in [9.17, 15) is 18.0 Å². The van der Waals surface area contributed by atoms with Crippen LogP contribution >= 0.6 is 0 Å². The van der Waals surface area contributed by atoms with Gasteiger partial charge in [0.2, 0.25) is 0 Å². The molecule has 210 valence electrons. The summed E-state index contributed by atoms with van der Waals surface area (Å²) in [6.07, 6.45) is 0.407. The minimum absolute atomic E-state index is 0.0438. The van der Waals surface area contributed by atoms with Gasteiger partial charge in [0.15, 0.2) is 11.6 Å². The van der Waals surface area contributed by atoms with Crippen molar-refractivity contribution in [2.24, 2.45) is 11.1 Å². The first kappa shape index (κ1) is 28.9. The molecule has 0 aliphatic rings. The van der Waals surface area contributed by atoms with Gasteiger partial charge in [0.25, 0.3) is 0 Å². The molecule has 40 heavy (non-hydrogen) atoms. The maximum absolute atomic E-state index is 14.9. The first-order valence-electron chi connectivity index (χ1n) is 13.1. The Kier molecular flexibility index (Phi) is 8.94. The summed E-state index contributed by atoms with van der Waals surface area (Å²) in [5, 5.41) is 2.61. The zero-order chi connectivity index (χ0) is 28.9. The second kappa shape index (κ2) is 12.4. The van der Waals surface area contributed by atoms with Gasteiger partial charge < -0.3 is 20.5 Å². The highest BCUT2D eigenvalue weighted by atomic mass is 19.2. The quantitative estimate of drug-likeness (QED) is 0.241. The fourth-order valence-corrected chi connectivity index (χ4v) is 4.66. The Labute approximate surface area is 232 Å². The highest BCUT2D eigenvalue weighted by Gasteiger charge is 2.39. The second-order valence-electron chi connectivity index (χ2n) is 10.8. The van der Waals surface area contributed by atoms with E-state index in [2.05, 4.69) is 5.32 Å². The van der Waals surface area contributed by atoms with E-state index in [4.69, 9.17) is 10.7 Å². The predicted octanol–water partition coefficient (Wildman–Crippen LogP) is 6.79. The van der Waals surface area contributed by atoms with Crippen LogP contribution in [0.3, 0.4) is 0 Å². The summed E-state index contributed by atoms with van der Waals surface area (Å²) < 4.78 is 44.3. The summed E-state index contributed by atoms with van der Waals surface area (Å²) in [6, 6.07) is 21.1. The molecule has 0 bridgehead atoms. The van der Waals surface area contributed by atoms with Gasteiger partial charge in [0, 0.05) is 36.6 Å². The normalized spacial score (nSPS) is 13.1. The van der Waals surface area contributed by atoms with Crippen molar-refractivity contribution in [3.8, 4) is 11.3 Å². The Hall–Kier alpha value is -4.11. The summed E-state index contributed by atoms with van der Waals surface area (Å²) in [7, 11) is 0. The number of hydrogen-bond acceptors (Lipinski definition) is 3. The number of carbonyl (C=O) groups excluding carboxylic acids is 1. The average molecular weight is 550 g/mol. The van der Waals surface area contributed by atoms with Crippen molar-refractivity contribution in [3.63, 3.8) is 0 Å². The minimum Gasteiger partial charge on any atom is -0.328 e. The lowest BCUT2D eigenvalue weighted by molar-refractivity contribution is 0.0960. The van der Waals surface area contributed by atoms with Gasteiger partial charge in [0.1, 0.15) is 12.0 Å². The zero-order valence-corrected chi connectivity index (χ0v) is 22.8. The maximum atomic E-state index is 14.9. The van der Waals surface area contributed by atoms with Crippen molar-refractivity contribution >= 4 is 11.7 Å². The Morgan fingerprint density at radius 2 is 1.65 bits per heavy atom. The third-order valence-electron chi connectivity index (χ3n) is 6.53. The number of nitrogens with zero attached hydrogens (tertiary/aromatic N) is 3. The molecular formula is C31H34F3N5O. The van der Waals surface area contributed by atoms with Crippen LogP contribution in [-0.4, -0.2) is 39.7 Å². The Balaban J connectivity index is 1.82. The van der Waals surface area contributed by atoms with Gasteiger partial charge in [-0.1, -0.05) is 81.4 Å². The van der Waals surface area contributed by atoms with Crippen LogP contribution in [0.2, 0.25) is 0 Å². The summed E-state index contributed by atoms with van der Waals surface area (Å²) >= 11 is 0. The number of imidazole rings is 1. The number of amides is 2. The third kappa shape index (κ3) is 6.90. The number of aromatic nitrogens is 2. The number of halogens is 3. The second-order valence-corrected chi connectivity index (χ2v) is 10.8. The van der Waals surface area contributed by atoms with Crippen molar-refractivity contribution < 1.29 is 18.0 Å². The number of nitrogens with one attached hydrogen (secondary N) is 1. The predicted molar refractivity (Wildman–Crippen MR) is 151 cm³/mol. The maximum Gasteiger partial charge on any atom is 0.322 e. The van der Waals surface area contributed by atoms with E-state index in [0.29, 0.717) is 18.1 Å². The summed E-state index contributed by atoms with van der Waals surface area (Å²) in [6.45, 7) is 5.67. The number of anilines is 1. The smallest absolute Gasteiger partial charge is 0.322 e. The van der Waals surface area contributed by atoms with Crippen molar-refractivity contribution in [1.82, 2.24) is 14.5 Å². The zero-order valence-electron chi connectivity index (χ0n) is 22.8. The molecule has 0 aliphatic heterocycles. The van der Waals surface area contributed by atoms with Gasteiger partial charge in [-0.25, -0.2) is 22.9 Å². The van der Waals surface area contributed by atoms with Gasteiger partial charge in [0.05, 0.1) is 18.3 Å². The molecule has 2 atom stereocenters. The van der Waals surface area contributed by atoms with Gasteiger partial charge in [-0.05, 0) is 23.1 Å². The first-order valence-corrected chi connectivity index (χ1v) is 13.1. The molecular weight excluding hydrogens is 515 g/mol. The number of urea groups is 1. The molecule has 1 aromatic heterocycles. The largest absolute Gasteiger partial charge is 0.328 e. The molecule has 0 saturated carbocycles. The van der Waals surface area contributed by atoms with Crippen LogP contribution in [0.25, 0.3) is 11.3 Å². The van der Waals surface area contributed by atoms with Crippen LogP contribution in [0, 0.1) is 17.0 Å². The third-order valence-corrected chi connectivity index (χ3v) is 6.53. The highest BCUT2D eigenvalue weighted by molar-refractivity contribution is 5.89. The number of hydrogen-bond donors (Lipinski definition) is 2. The molecule has 0 radical (unpaired) electrons. The van der Waals surface area contributed by atoms with E-state index >= 15 is 0 Å². The van der Waals surface area contributed by atoms with Crippen LogP contribution in [0.5, 0.6) is 0 Å². The monoisotopic (exact) mass is 549 g/mol. The number of rotatable bonds is 9. The lowest BCUT2D eigenvalue weighted by atomic mass is 9.84. The topological polar surface area (TPSA) is 76.2 Å². The van der Waals surface area contributed by atoms with Crippen molar-refractivity contribution in [2.75, 3.05) is 18.4 Å². The lowest BCUT2D eigenvalue weighted by Gasteiger charge is -2.40. The SMILES string of the molecule is CC(C)(C)[C@H](c1nc(-c2ccccc2)cn1Cc1ccccc1)N(C[C@H](F)CN)C(=O)Nc1ccc(F)c(F)c1. The van der Waals surface area contributed by atoms with Crippen molar-refractivity contribution in [1.29, 1.82) is 0 Å². The Bertz CT molecular complexity index is 1420. The number of alkyl halides is 1. The van der Waals surface area contributed by atoms with Crippen LogP contribution in [0.15, 0.2) is 85.1 Å². The van der Waals surface area contributed by atoms with E-state index in [-0.39, 0.29) is 18.8 Å². The lowest BCUT2D eigenvalue weighted by Crippen LogP contribution is -2.48. The molecule has 0 fully saturated rings. The van der Waals surface area contributed by atoms with Crippen LogP contribution < -0.4 is 11.1 Å². The van der Waals surface area contributed by atoms with Crippen LogP contribution in [-0.2, 0) is 6.54 Å². The summed E-state index contributed by atoms with van der Waals surface area (Å²) in [4.78, 5) is 20.1. The molecule has 0 aliphatic carbocycles. The van der Waals surface area contributed by atoms with Crippen LogP contribution in [0.1, 0.15) is 38.2 Å². The molecule has 0 unspecified atom stereocenters. The van der Waals surface area contributed by atoms with E-state index in [0.717, 1.165) is 23.3 Å². The molecule has 3 aromatic carbocycles. The van der Waals surface area contributed by atoms with E-state index in [1.807, 2.05) is 92.2 Å². The van der Waals surface area contributed by atoms with Gasteiger partial charge in [-0.15, -0.1) is 0 Å². The molecule has 6 nitrogen and oxygen atoms in total. The summed E-state index contributed by atoms with van der Waals surface area (Å²) in [5.41, 5.74) is 7.68. The fourth-order valence-electron chi connectivity index (χ4n) is 4.66. The molecule has 0 spiro atoms. The standard InChI is InChI=1S/C31H34F3N5O/c1-31(2,3)28(39(19-23(32)17-35)30(40)36-24-14-15-25(33)26(34)16-24)29-37-27(22-12-8-5-9-13-22)20-38(29)18-21-10-6-4-7-11-21/h4-16,20,23,28H,17-19,35H2,1-3H3,(H,36,40)/t23-,28+/m1/s1. The van der Waals surface area contributed by atoms with Crippen molar-refractivity contribution in [2.45, 2.75) is 39.5 Å². The van der Waals surface area contributed by atoms with E-state index in [1.54, 1.807) is 0 Å². The number of carbonyl (C=O) groups is 1. The van der Waals surface area contributed by atoms with E-state index < -0.39 is 35.3 Å². The Morgan fingerprint density at radius 3 is 2.25 bits per heavy atom. The summed E-state index contributed by atoms with van der Waals surface area (Å²) in [5.74, 6) is -1.58. The minimum atomic E-state index is -1.52. The molecule has 2 amide bonds. The van der Waals surface area contributed by atoms with E-state index in [1.165, 1.54) is 11.0 Å². The molecule has 9 heteroatoms. The molecule has 3 N–H and O–H groups in total. The molecule has 4 aromatic rings. The first-order chi connectivity index (χ1) is 19.1. The number of nitrogens with two attached hydrogens (primary N) is 1. The van der Waals surface area contributed by atoms with Gasteiger partial charge in [-0.3, -0.25) is 0 Å². The Morgan fingerprint density at radius 1 is 1.00 bits per heavy atom. The molecule has 0 saturated heterocycles. The van der Waals surface area contributed by atoms with Crippen LogP contribution in [0.4, 0.5) is 23.7 Å². The molecule has 1 heterocycles. The highest BCUT2D eigenvalue weighted by Crippen LogP contribution is 2.39. The van der Waals surface area contributed by atoms with Crippen molar-refractivity contribution in [3.05, 3.63) is 108 Å². The molecule has 4 rings (SSSR count). The average Bonchev–Trinajstić information content (AvgIpc) is 3.33.